The Labute approximate surface area is 123 Å². The summed E-state index contributed by atoms with van der Waals surface area (Å²) in [5.74, 6) is 1.65. The first-order valence-corrected chi connectivity index (χ1v) is 8.03. The smallest absolute Gasteiger partial charge is 0.213 e. The van der Waals surface area contributed by atoms with Crippen LogP contribution >= 0.6 is 0 Å². The van der Waals surface area contributed by atoms with E-state index in [1.807, 2.05) is 6.07 Å². The van der Waals surface area contributed by atoms with Crippen molar-refractivity contribution in [2.24, 2.45) is 5.92 Å². The van der Waals surface area contributed by atoms with Gasteiger partial charge >= 0.3 is 0 Å². The zero-order valence-corrected chi connectivity index (χ0v) is 13.1. The molecule has 1 aromatic rings. The zero-order valence-electron chi connectivity index (χ0n) is 13.1. The molecule has 0 radical (unpaired) electrons. The Balaban J connectivity index is 1.88. The molecular weight excluding hydrogens is 248 g/mol. The highest BCUT2D eigenvalue weighted by Crippen LogP contribution is 2.26. The fourth-order valence-electron chi connectivity index (χ4n) is 2.74. The maximum atomic E-state index is 6.03. The summed E-state index contributed by atoms with van der Waals surface area (Å²) in [5, 5.41) is 3.42. The number of ether oxygens (including phenoxy) is 1. The van der Waals surface area contributed by atoms with Gasteiger partial charge in [0.15, 0.2) is 0 Å². The van der Waals surface area contributed by atoms with Crippen molar-refractivity contribution in [1.29, 1.82) is 0 Å². The number of nitrogens with one attached hydrogen (secondary N) is 1. The predicted octanol–water partition coefficient (Wildman–Crippen LogP) is 3.85. The second kappa shape index (κ2) is 7.63. The topological polar surface area (TPSA) is 34.1 Å². The van der Waals surface area contributed by atoms with Crippen LogP contribution in [0.5, 0.6) is 5.88 Å². The predicted molar refractivity (Wildman–Crippen MR) is 83.0 cm³/mol. The summed E-state index contributed by atoms with van der Waals surface area (Å²) in [4.78, 5) is 4.60. The molecule has 1 N–H and O–H groups in total. The summed E-state index contributed by atoms with van der Waals surface area (Å²) in [5.41, 5.74) is 2.35. The molecule has 1 fully saturated rings. The molecule has 1 aliphatic rings. The molecular formula is C17H28N2O. The zero-order chi connectivity index (χ0) is 14.4. The van der Waals surface area contributed by atoms with Crippen molar-refractivity contribution >= 4 is 0 Å². The van der Waals surface area contributed by atoms with Crippen molar-refractivity contribution in [2.75, 3.05) is 6.54 Å². The highest BCUT2D eigenvalue weighted by Gasteiger charge is 2.20. The average Bonchev–Trinajstić information content (AvgIpc) is 2.44. The molecule has 0 amide bonds. The monoisotopic (exact) mass is 276 g/mol. The van der Waals surface area contributed by atoms with E-state index in [4.69, 9.17) is 4.74 Å². The third-order valence-electron chi connectivity index (χ3n) is 4.16. The van der Waals surface area contributed by atoms with Crippen LogP contribution in [-0.2, 0) is 6.54 Å². The van der Waals surface area contributed by atoms with Crippen LogP contribution in [0.2, 0.25) is 0 Å². The summed E-state index contributed by atoms with van der Waals surface area (Å²) < 4.78 is 6.03. The van der Waals surface area contributed by atoms with Crippen molar-refractivity contribution in [1.82, 2.24) is 10.3 Å². The molecule has 0 saturated heterocycles. The second-order valence-electron chi connectivity index (χ2n) is 6.07. The van der Waals surface area contributed by atoms with E-state index in [9.17, 15) is 0 Å². The molecule has 0 atom stereocenters. The van der Waals surface area contributed by atoms with Gasteiger partial charge in [-0.1, -0.05) is 19.9 Å². The van der Waals surface area contributed by atoms with Crippen molar-refractivity contribution in [3.05, 3.63) is 23.4 Å². The van der Waals surface area contributed by atoms with Gasteiger partial charge in [0.25, 0.3) is 0 Å². The van der Waals surface area contributed by atoms with Gasteiger partial charge in [0.05, 0.1) is 0 Å². The quantitative estimate of drug-likeness (QED) is 0.801. The summed E-state index contributed by atoms with van der Waals surface area (Å²) in [6.07, 6.45) is 6.42. The van der Waals surface area contributed by atoms with Crippen molar-refractivity contribution in [2.45, 2.75) is 65.5 Å². The molecule has 1 saturated carbocycles. The molecule has 112 valence electrons. The van der Waals surface area contributed by atoms with E-state index >= 15 is 0 Å². The minimum atomic E-state index is 0.363. The SMILES string of the molecule is CCCNCc1ccc(OC2CCC(C)CC2)nc1C. The van der Waals surface area contributed by atoms with Crippen molar-refractivity contribution in [3.8, 4) is 5.88 Å². The van der Waals surface area contributed by atoms with Crippen LogP contribution in [0.3, 0.4) is 0 Å². The molecule has 2 rings (SSSR count). The fourth-order valence-corrected chi connectivity index (χ4v) is 2.74. The third kappa shape index (κ3) is 4.48. The minimum Gasteiger partial charge on any atom is -0.474 e. The summed E-state index contributed by atoms with van der Waals surface area (Å²) >= 11 is 0. The molecule has 0 unspecified atom stereocenters. The molecule has 1 aliphatic carbocycles. The van der Waals surface area contributed by atoms with Crippen LogP contribution in [0.4, 0.5) is 0 Å². The van der Waals surface area contributed by atoms with Crippen LogP contribution in [0.25, 0.3) is 0 Å². The second-order valence-corrected chi connectivity index (χ2v) is 6.07. The van der Waals surface area contributed by atoms with Crippen LogP contribution in [0, 0.1) is 12.8 Å². The van der Waals surface area contributed by atoms with Gasteiger partial charge in [-0.25, -0.2) is 4.98 Å². The number of pyridine rings is 1. The highest BCUT2D eigenvalue weighted by molar-refractivity contribution is 5.25. The first kappa shape index (κ1) is 15.3. The molecule has 3 nitrogen and oxygen atoms in total. The molecule has 0 aliphatic heterocycles. The van der Waals surface area contributed by atoms with E-state index in [1.165, 1.54) is 31.2 Å². The Hall–Kier alpha value is -1.09. The van der Waals surface area contributed by atoms with Gasteiger partial charge in [0, 0.05) is 18.3 Å². The highest BCUT2D eigenvalue weighted by atomic mass is 16.5. The number of rotatable bonds is 6. The van der Waals surface area contributed by atoms with E-state index in [0.717, 1.165) is 37.0 Å². The normalized spacial score (nSPS) is 22.8. The van der Waals surface area contributed by atoms with Gasteiger partial charge in [-0.15, -0.1) is 0 Å². The van der Waals surface area contributed by atoms with Gasteiger partial charge in [-0.3, -0.25) is 0 Å². The van der Waals surface area contributed by atoms with E-state index in [-0.39, 0.29) is 0 Å². The lowest BCUT2D eigenvalue weighted by molar-refractivity contribution is 0.130. The summed E-state index contributed by atoms with van der Waals surface area (Å²) in [7, 11) is 0. The number of hydrogen-bond donors (Lipinski definition) is 1. The maximum Gasteiger partial charge on any atom is 0.213 e. The number of aryl methyl sites for hydroxylation is 1. The Morgan fingerprint density at radius 2 is 2.00 bits per heavy atom. The molecule has 0 spiro atoms. The first-order chi connectivity index (χ1) is 9.69. The lowest BCUT2D eigenvalue weighted by Crippen LogP contribution is -2.23. The number of hydrogen-bond acceptors (Lipinski definition) is 3. The summed E-state index contributed by atoms with van der Waals surface area (Å²) in [6, 6.07) is 4.17. The van der Waals surface area contributed by atoms with Gasteiger partial charge in [-0.2, -0.15) is 0 Å². The fraction of sp³-hybridized carbons (Fsp3) is 0.706. The molecule has 1 heterocycles. The van der Waals surface area contributed by atoms with Crippen molar-refractivity contribution < 1.29 is 4.74 Å². The van der Waals surface area contributed by atoms with Crippen LogP contribution in [0.15, 0.2) is 12.1 Å². The van der Waals surface area contributed by atoms with E-state index in [1.54, 1.807) is 0 Å². The van der Waals surface area contributed by atoms with Gasteiger partial charge < -0.3 is 10.1 Å². The average molecular weight is 276 g/mol. The molecule has 0 aromatic carbocycles. The Kier molecular flexibility index (Phi) is 5.84. The third-order valence-corrected chi connectivity index (χ3v) is 4.16. The summed E-state index contributed by atoms with van der Waals surface area (Å²) in [6.45, 7) is 8.53. The molecule has 1 aromatic heterocycles. The first-order valence-electron chi connectivity index (χ1n) is 8.03. The van der Waals surface area contributed by atoms with Crippen LogP contribution in [-0.4, -0.2) is 17.6 Å². The van der Waals surface area contributed by atoms with E-state index < -0.39 is 0 Å². The maximum absolute atomic E-state index is 6.03. The van der Waals surface area contributed by atoms with Gasteiger partial charge in [0.2, 0.25) is 5.88 Å². The molecule has 3 heteroatoms. The molecule has 20 heavy (non-hydrogen) atoms. The van der Waals surface area contributed by atoms with Gasteiger partial charge in [0.1, 0.15) is 6.10 Å². The number of aromatic nitrogens is 1. The van der Waals surface area contributed by atoms with Crippen molar-refractivity contribution in [3.63, 3.8) is 0 Å². The van der Waals surface area contributed by atoms with E-state index in [0.29, 0.717) is 6.10 Å². The minimum absolute atomic E-state index is 0.363. The lowest BCUT2D eigenvalue weighted by atomic mass is 9.89. The van der Waals surface area contributed by atoms with E-state index in [2.05, 4.69) is 37.1 Å². The van der Waals surface area contributed by atoms with Crippen LogP contribution in [0.1, 0.15) is 57.2 Å². The largest absolute Gasteiger partial charge is 0.474 e. The Morgan fingerprint density at radius 1 is 1.25 bits per heavy atom. The Bertz CT molecular complexity index is 411. The van der Waals surface area contributed by atoms with Crippen LogP contribution < -0.4 is 10.1 Å². The lowest BCUT2D eigenvalue weighted by Gasteiger charge is -2.26. The molecule has 0 bridgehead atoms. The Morgan fingerprint density at radius 3 is 2.65 bits per heavy atom. The number of nitrogens with zero attached hydrogens (tertiary/aromatic N) is 1. The van der Waals surface area contributed by atoms with Gasteiger partial charge in [-0.05, 0) is 57.1 Å². The standard InChI is InChI=1S/C17H28N2O/c1-4-11-18-12-15-7-10-17(19-14(15)3)20-16-8-5-13(2)6-9-16/h7,10,13,16,18H,4-6,8-9,11-12H2,1-3H3.